The van der Waals surface area contributed by atoms with Crippen LogP contribution in [0.1, 0.15) is 43.5 Å². The maximum Gasteiger partial charge on any atom is 0.244 e. The molecule has 7 nitrogen and oxygen atoms in total. The first-order chi connectivity index (χ1) is 11.4. The number of rotatable bonds is 3. The fourth-order valence-electron chi connectivity index (χ4n) is 2.91. The zero-order valence-corrected chi connectivity index (χ0v) is 14.0. The lowest BCUT2D eigenvalue weighted by Crippen LogP contribution is -2.23. The fraction of sp³-hybridized carbons (Fsp3) is 0.353. The predicted octanol–water partition coefficient (Wildman–Crippen LogP) is 2.31. The van der Waals surface area contributed by atoms with Gasteiger partial charge in [0.25, 0.3) is 0 Å². The quantitative estimate of drug-likeness (QED) is 0.843. The Labute approximate surface area is 140 Å². The topological polar surface area (TPSA) is 106 Å². The van der Waals surface area contributed by atoms with E-state index < -0.39 is 0 Å². The van der Waals surface area contributed by atoms with Crippen LogP contribution < -0.4 is 10.5 Å². The smallest absolute Gasteiger partial charge is 0.244 e. The van der Waals surface area contributed by atoms with Gasteiger partial charge in [-0.15, -0.1) is 11.7 Å². The zero-order chi connectivity index (χ0) is 17.5. The van der Waals surface area contributed by atoms with E-state index in [1.165, 1.54) is 0 Å². The SMILES string of the molecule is C=CCn1cc([C@H]2C(C#N)=C(N)Oc3n[nH]c(C(C)(C)C)c32)cn1. The predicted molar refractivity (Wildman–Crippen MR) is 89.0 cm³/mol. The number of allylic oxidation sites excluding steroid dienone is 2. The number of nitrogens with one attached hydrogen (secondary N) is 1. The molecule has 1 aliphatic rings. The molecule has 0 spiro atoms. The lowest BCUT2D eigenvalue weighted by Gasteiger charge is -2.26. The van der Waals surface area contributed by atoms with Crippen LogP contribution in [-0.2, 0) is 12.0 Å². The summed E-state index contributed by atoms with van der Waals surface area (Å²) in [6.07, 6.45) is 5.40. The first kappa shape index (κ1) is 15.9. The van der Waals surface area contributed by atoms with Crippen molar-refractivity contribution in [1.82, 2.24) is 20.0 Å². The van der Waals surface area contributed by atoms with Crippen LogP contribution in [0.15, 0.2) is 36.5 Å². The molecule has 0 aliphatic carbocycles. The van der Waals surface area contributed by atoms with Crippen molar-refractivity contribution >= 4 is 0 Å². The van der Waals surface area contributed by atoms with E-state index in [1.807, 2.05) is 6.20 Å². The number of ether oxygens (including phenoxy) is 1. The van der Waals surface area contributed by atoms with Gasteiger partial charge in [0.05, 0.1) is 24.2 Å². The van der Waals surface area contributed by atoms with E-state index in [1.54, 1.807) is 17.0 Å². The van der Waals surface area contributed by atoms with Gasteiger partial charge in [0.1, 0.15) is 11.6 Å². The van der Waals surface area contributed by atoms with Crippen molar-refractivity contribution in [2.45, 2.75) is 38.6 Å². The summed E-state index contributed by atoms with van der Waals surface area (Å²) >= 11 is 0. The highest BCUT2D eigenvalue weighted by molar-refractivity contribution is 5.55. The molecule has 3 heterocycles. The maximum atomic E-state index is 9.62. The molecule has 7 heteroatoms. The Morgan fingerprint density at radius 1 is 1.54 bits per heavy atom. The monoisotopic (exact) mass is 324 g/mol. The molecule has 0 aromatic carbocycles. The van der Waals surface area contributed by atoms with Crippen LogP contribution in [0.4, 0.5) is 0 Å². The molecular weight excluding hydrogens is 304 g/mol. The number of nitriles is 1. The van der Waals surface area contributed by atoms with Gasteiger partial charge in [0.2, 0.25) is 11.8 Å². The van der Waals surface area contributed by atoms with E-state index in [-0.39, 0.29) is 17.2 Å². The summed E-state index contributed by atoms with van der Waals surface area (Å²) < 4.78 is 7.33. The van der Waals surface area contributed by atoms with Crippen LogP contribution in [0.3, 0.4) is 0 Å². The average Bonchev–Trinajstić information content (AvgIpc) is 3.12. The Morgan fingerprint density at radius 3 is 2.92 bits per heavy atom. The van der Waals surface area contributed by atoms with E-state index in [9.17, 15) is 5.26 Å². The molecular formula is C17H20N6O. The number of H-pyrrole nitrogens is 1. The normalized spacial score (nSPS) is 17.2. The van der Waals surface area contributed by atoms with Gasteiger partial charge in [0, 0.05) is 22.9 Å². The molecule has 2 aromatic rings. The summed E-state index contributed by atoms with van der Waals surface area (Å²) in [4.78, 5) is 0. The summed E-state index contributed by atoms with van der Waals surface area (Å²) in [6, 6.07) is 2.18. The first-order valence-electron chi connectivity index (χ1n) is 7.66. The molecule has 0 bridgehead atoms. The number of hydrogen-bond donors (Lipinski definition) is 2. The minimum Gasteiger partial charge on any atom is -0.420 e. The van der Waals surface area contributed by atoms with E-state index in [0.717, 1.165) is 16.8 Å². The van der Waals surface area contributed by atoms with Crippen molar-refractivity contribution in [3.63, 3.8) is 0 Å². The zero-order valence-electron chi connectivity index (χ0n) is 14.0. The summed E-state index contributed by atoms with van der Waals surface area (Å²) in [7, 11) is 0. The van der Waals surface area contributed by atoms with Crippen molar-refractivity contribution in [3.05, 3.63) is 53.3 Å². The lowest BCUT2D eigenvalue weighted by molar-refractivity contribution is 0.378. The van der Waals surface area contributed by atoms with Gasteiger partial charge < -0.3 is 10.5 Å². The van der Waals surface area contributed by atoms with Gasteiger partial charge in [-0.05, 0) is 0 Å². The molecule has 3 rings (SSSR count). The summed E-state index contributed by atoms with van der Waals surface area (Å²) in [5.41, 5.74) is 8.76. The third kappa shape index (κ3) is 2.46. The highest BCUT2D eigenvalue weighted by Gasteiger charge is 2.38. The highest BCUT2D eigenvalue weighted by Crippen LogP contribution is 2.45. The largest absolute Gasteiger partial charge is 0.420 e. The molecule has 1 aliphatic heterocycles. The Bertz CT molecular complexity index is 859. The number of aromatic amines is 1. The fourth-order valence-corrected chi connectivity index (χ4v) is 2.91. The number of aromatic nitrogens is 4. The molecule has 0 radical (unpaired) electrons. The summed E-state index contributed by atoms with van der Waals surface area (Å²) in [6.45, 7) is 10.5. The van der Waals surface area contributed by atoms with Crippen LogP contribution in [0.5, 0.6) is 5.88 Å². The molecule has 1 atom stereocenters. The molecule has 0 amide bonds. The minimum atomic E-state index is -0.356. The minimum absolute atomic E-state index is 0.0819. The van der Waals surface area contributed by atoms with Gasteiger partial charge in [-0.25, -0.2) is 0 Å². The molecule has 0 saturated carbocycles. The van der Waals surface area contributed by atoms with Crippen molar-refractivity contribution in [2.24, 2.45) is 5.73 Å². The Balaban J connectivity index is 2.20. The van der Waals surface area contributed by atoms with E-state index in [0.29, 0.717) is 18.0 Å². The van der Waals surface area contributed by atoms with Crippen LogP contribution in [0.25, 0.3) is 0 Å². The van der Waals surface area contributed by atoms with E-state index >= 15 is 0 Å². The molecule has 24 heavy (non-hydrogen) atoms. The van der Waals surface area contributed by atoms with Crippen LogP contribution in [-0.4, -0.2) is 20.0 Å². The Morgan fingerprint density at radius 2 is 2.29 bits per heavy atom. The number of fused-ring (bicyclic) bond motifs is 1. The van der Waals surface area contributed by atoms with Gasteiger partial charge in [-0.3, -0.25) is 9.78 Å². The molecule has 0 unspecified atom stereocenters. The van der Waals surface area contributed by atoms with E-state index in [2.05, 4.69) is 48.7 Å². The van der Waals surface area contributed by atoms with Crippen LogP contribution in [0, 0.1) is 11.3 Å². The number of nitrogens with zero attached hydrogens (tertiary/aromatic N) is 4. The summed E-state index contributed by atoms with van der Waals surface area (Å²) in [5.74, 6) is 0.140. The van der Waals surface area contributed by atoms with Crippen molar-refractivity contribution in [3.8, 4) is 11.9 Å². The van der Waals surface area contributed by atoms with Crippen molar-refractivity contribution < 1.29 is 4.74 Å². The average molecular weight is 324 g/mol. The molecule has 2 aromatic heterocycles. The molecule has 3 N–H and O–H groups in total. The third-order valence-electron chi connectivity index (χ3n) is 3.99. The van der Waals surface area contributed by atoms with Gasteiger partial charge >= 0.3 is 0 Å². The Hall–Kier alpha value is -3.01. The molecule has 124 valence electrons. The van der Waals surface area contributed by atoms with Crippen molar-refractivity contribution in [1.29, 1.82) is 5.26 Å². The summed E-state index contributed by atoms with van der Waals surface area (Å²) in [5, 5.41) is 21.2. The highest BCUT2D eigenvalue weighted by atomic mass is 16.5. The van der Waals surface area contributed by atoms with Crippen LogP contribution >= 0.6 is 0 Å². The first-order valence-corrected chi connectivity index (χ1v) is 7.66. The van der Waals surface area contributed by atoms with E-state index in [4.69, 9.17) is 10.5 Å². The van der Waals surface area contributed by atoms with Crippen LogP contribution in [0.2, 0.25) is 0 Å². The Kier molecular flexibility index (Phi) is 3.68. The second-order valence-electron chi connectivity index (χ2n) is 6.78. The number of hydrogen-bond acceptors (Lipinski definition) is 5. The van der Waals surface area contributed by atoms with Gasteiger partial charge in [-0.2, -0.15) is 10.4 Å². The molecule has 0 saturated heterocycles. The standard InChI is InChI=1S/C17H20N6O/c1-5-6-23-9-10(8-20-23)12-11(7-18)15(19)24-16-13(12)14(21-22-16)17(2,3)4/h5,8-9,12H,1,6,19H2,2-4H3,(H,21,22)/t12-/m0/s1. The third-order valence-corrected chi connectivity index (χ3v) is 3.99. The van der Waals surface area contributed by atoms with Crippen molar-refractivity contribution in [2.75, 3.05) is 0 Å². The maximum absolute atomic E-state index is 9.62. The lowest BCUT2D eigenvalue weighted by atomic mass is 9.79. The number of nitrogens with two attached hydrogens (primary N) is 1. The van der Waals surface area contributed by atoms with Gasteiger partial charge in [0.15, 0.2) is 0 Å². The molecule has 0 fully saturated rings. The second-order valence-corrected chi connectivity index (χ2v) is 6.78. The van der Waals surface area contributed by atoms with Gasteiger partial charge in [-0.1, -0.05) is 26.8 Å². The second kappa shape index (κ2) is 5.57.